The quantitative estimate of drug-likeness (QED) is 0.789. The molecule has 22 heavy (non-hydrogen) atoms. The molecule has 7 heteroatoms. The normalized spacial score (nSPS) is 19.2. The smallest absolute Gasteiger partial charge is 0.207 e. The molecule has 3 rings (SSSR count). The van der Waals surface area contributed by atoms with Crippen LogP contribution in [0.25, 0.3) is 0 Å². The third kappa shape index (κ3) is 2.72. The Morgan fingerprint density at radius 2 is 2.18 bits per heavy atom. The first-order chi connectivity index (χ1) is 10.5. The van der Waals surface area contributed by atoms with Gasteiger partial charge in [-0.15, -0.1) is 11.3 Å². The fourth-order valence-corrected chi connectivity index (χ4v) is 6.03. The van der Waals surface area contributed by atoms with Crippen LogP contribution in [0, 0.1) is 11.3 Å². The average Bonchev–Trinajstić information content (AvgIpc) is 3.16. The monoisotopic (exact) mass is 396 g/mol. The minimum atomic E-state index is -3.64. The average molecular weight is 397 g/mol. The van der Waals surface area contributed by atoms with Crippen LogP contribution in [0.1, 0.15) is 29.3 Å². The fourth-order valence-electron chi connectivity index (χ4n) is 2.78. The van der Waals surface area contributed by atoms with Crippen molar-refractivity contribution in [3.05, 3.63) is 50.6 Å². The summed E-state index contributed by atoms with van der Waals surface area (Å²) in [5, 5.41) is 10.8. The van der Waals surface area contributed by atoms with Crippen LogP contribution in [-0.4, -0.2) is 19.3 Å². The van der Waals surface area contributed by atoms with Crippen LogP contribution in [-0.2, 0) is 10.0 Å². The molecule has 0 radical (unpaired) electrons. The number of benzene rings is 1. The van der Waals surface area contributed by atoms with E-state index < -0.39 is 10.0 Å². The molecule has 1 atom stereocenters. The maximum Gasteiger partial charge on any atom is 0.245 e. The molecule has 2 heterocycles. The van der Waals surface area contributed by atoms with Crippen molar-refractivity contribution in [3.63, 3.8) is 0 Å². The van der Waals surface area contributed by atoms with Gasteiger partial charge >= 0.3 is 0 Å². The summed E-state index contributed by atoms with van der Waals surface area (Å²) in [6.45, 7) is 0.486. The van der Waals surface area contributed by atoms with Gasteiger partial charge in [-0.25, -0.2) is 8.42 Å². The van der Waals surface area contributed by atoms with Crippen molar-refractivity contribution < 1.29 is 8.42 Å². The van der Waals surface area contributed by atoms with Crippen LogP contribution in [0.5, 0.6) is 0 Å². The Labute approximate surface area is 142 Å². The van der Waals surface area contributed by atoms with Gasteiger partial charge < -0.3 is 0 Å². The van der Waals surface area contributed by atoms with Gasteiger partial charge in [0.2, 0.25) is 10.0 Å². The van der Waals surface area contributed by atoms with E-state index in [2.05, 4.69) is 15.9 Å². The molecule has 1 aromatic heterocycles. The Balaban J connectivity index is 2.02. The Kier molecular flexibility index (Phi) is 4.37. The largest absolute Gasteiger partial charge is 0.245 e. The summed E-state index contributed by atoms with van der Waals surface area (Å²) >= 11 is 4.59. The van der Waals surface area contributed by atoms with Gasteiger partial charge in [-0.05, 0) is 42.0 Å². The Hall–Kier alpha value is -1.20. The molecule has 1 unspecified atom stereocenters. The standard InChI is InChI=1S/C15H13BrN2O2S2/c16-12-4-1-3-11(9-12)13-5-2-7-18(13)22(19,20)15-6-8-21-14(15)10-17/h1,3-4,6,8-9,13H,2,5,7H2. The minimum Gasteiger partial charge on any atom is -0.207 e. The zero-order valence-electron chi connectivity index (χ0n) is 11.6. The third-order valence-electron chi connectivity index (χ3n) is 3.75. The van der Waals surface area contributed by atoms with Gasteiger partial charge in [-0.2, -0.15) is 9.57 Å². The lowest BCUT2D eigenvalue weighted by molar-refractivity contribution is 0.396. The van der Waals surface area contributed by atoms with Gasteiger partial charge in [0, 0.05) is 11.0 Å². The lowest BCUT2D eigenvalue weighted by Gasteiger charge is -2.24. The maximum atomic E-state index is 12.9. The molecule has 0 aliphatic carbocycles. The second-order valence-electron chi connectivity index (χ2n) is 5.05. The Bertz CT molecular complexity index is 839. The van der Waals surface area contributed by atoms with Gasteiger partial charge in [0.25, 0.3) is 0 Å². The van der Waals surface area contributed by atoms with Crippen molar-refractivity contribution in [2.45, 2.75) is 23.8 Å². The highest BCUT2D eigenvalue weighted by molar-refractivity contribution is 9.10. The van der Waals surface area contributed by atoms with E-state index in [4.69, 9.17) is 5.26 Å². The van der Waals surface area contributed by atoms with Crippen LogP contribution in [0.2, 0.25) is 0 Å². The van der Waals surface area contributed by atoms with E-state index in [9.17, 15) is 8.42 Å². The summed E-state index contributed by atoms with van der Waals surface area (Å²) in [7, 11) is -3.64. The highest BCUT2D eigenvalue weighted by Crippen LogP contribution is 2.38. The number of hydrogen-bond donors (Lipinski definition) is 0. The van der Waals surface area contributed by atoms with E-state index in [1.54, 1.807) is 5.38 Å². The van der Waals surface area contributed by atoms with Crippen molar-refractivity contribution in [1.29, 1.82) is 5.26 Å². The predicted molar refractivity (Wildman–Crippen MR) is 89.0 cm³/mol. The minimum absolute atomic E-state index is 0.127. The SMILES string of the molecule is N#Cc1sccc1S(=O)(=O)N1CCCC1c1cccc(Br)c1. The highest BCUT2D eigenvalue weighted by atomic mass is 79.9. The van der Waals surface area contributed by atoms with Crippen LogP contribution in [0.3, 0.4) is 0 Å². The van der Waals surface area contributed by atoms with Crippen molar-refractivity contribution in [2.24, 2.45) is 0 Å². The number of nitriles is 1. The molecule has 1 aliphatic rings. The number of rotatable bonds is 3. The molecule has 0 bridgehead atoms. The topological polar surface area (TPSA) is 61.2 Å². The van der Waals surface area contributed by atoms with Gasteiger partial charge in [-0.3, -0.25) is 0 Å². The number of thiophene rings is 1. The summed E-state index contributed by atoms with van der Waals surface area (Å²) in [6, 6.07) is 11.1. The summed E-state index contributed by atoms with van der Waals surface area (Å²) in [5.41, 5.74) is 0.976. The molecule has 4 nitrogen and oxygen atoms in total. The molecule has 114 valence electrons. The van der Waals surface area contributed by atoms with Gasteiger partial charge in [0.05, 0.1) is 6.04 Å². The maximum absolute atomic E-state index is 12.9. The van der Waals surface area contributed by atoms with Crippen LogP contribution in [0.15, 0.2) is 45.1 Å². The van der Waals surface area contributed by atoms with Gasteiger partial charge in [-0.1, -0.05) is 28.1 Å². The predicted octanol–water partition coefficient (Wildman–Crippen LogP) is 3.91. The third-order valence-corrected chi connectivity index (χ3v) is 7.15. The summed E-state index contributed by atoms with van der Waals surface area (Å²) < 4.78 is 28.3. The van der Waals surface area contributed by atoms with Gasteiger partial charge in [0.1, 0.15) is 15.8 Å². The van der Waals surface area contributed by atoms with Crippen molar-refractivity contribution in [3.8, 4) is 6.07 Å². The van der Waals surface area contributed by atoms with E-state index in [1.165, 1.54) is 10.4 Å². The molecule has 0 N–H and O–H groups in total. The summed E-state index contributed by atoms with van der Waals surface area (Å²) in [5.74, 6) is 0. The zero-order chi connectivity index (χ0) is 15.7. The van der Waals surface area contributed by atoms with Gasteiger partial charge in [0.15, 0.2) is 0 Å². The van der Waals surface area contributed by atoms with Crippen molar-refractivity contribution in [2.75, 3.05) is 6.54 Å². The molecular formula is C15H13BrN2O2S2. The Morgan fingerprint density at radius 1 is 1.36 bits per heavy atom. The number of halogens is 1. The molecule has 1 aliphatic heterocycles. The number of sulfonamides is 1. The van der Waals surface area contributed by atoms with Crippen LogP contribution in [0.4, 0.5) is 0 Å². The van der Waals surface area contributed by atoms with E-state index in [0.717, 1.165) is 34.2 Å². The molecule has 1 saturated heterocycles. The molecule has 2 aromatic rings. The van der Waals surface area contributed by atoms with E-state index in [0.29, 0.717) is 6.54 Å². The lowest BCUT2D eigenvalue weighted by atomic mass is 10.1. The Morgan fingerprint density at radius 3 is 2.91 bits per heavy atom. The van der Waals surface area contributed by atoms with E-state index in [1.807, 2.05) is 30.3 Å². The molecule has 1 aromatic carbocycles. The van der Waals surface area contributed by atoms with Crippen molar-refractivity contribution in [1.82, 2.24) is 4.31 Å². The first kappa shape index (κ1) is 15.7. The zero-order valence-corrected chi connectivity index (χ0v) is 14.8. The van der Waals surface area contributed by atoms with Crippen LogP contribution < -0.4 is 0 Å². The number of nitrogens with zero attached hydrogens (tertiary/aromatic N) is 2. The van der Waals surface area contributed by atoms with Crippen LogP contribution >= 0.6 is 27.3 Å². The second-order valence-corrected chi connectivity index (χ2v) is 8.75. The number of hydrogen-bond acceptors (Lipinski definition) is 4. The first-order valence-electron chi connectivity index (χ1n) is 6.79. The molecule has 0 spiro atoms. The van der Waals surface area contributed by atoms with E-state index >= 15 is 0 Å². The molecule has 0 amide bonds. The van der Waals surface area contributed by atoms with E-state index in [-0.39, 0.29) is 15.8 Å². The summed E-state index contributed by atoms with van der Waals surface area (Å²) in [6.07, 6.45) is 1.62. The second kappa shape index (κ2) is 6.13. The molecular weight excluding hydrogens is 384 g/mol. The highest BCUT2D eigenvalue weighted by Gasteiger charge is 2.37. The summed E-state index contributed by atoms with van der Waals surface area (Å²) in [4.78, 5) is 0.377. The lowest BCUT2D eigenvalue weighted by Crippen LogP contribution is -2.30. The van der Waals surface area contributed by atoms with Crippen molar-refractivity contribution >= 4 is 37.3 Å². The molecule has 0 saturated carbocycles. The molecule has 1 fully saturated rings. The fraction of sp³-hybridized carbons (Fsp3) is 0.267. The first-order valence-corrected chi connectivity index (χ1v) is 9.90.